The zero-order valence-electron chi connectivity index (χ0n) is 17.5. The van der Waals surface area contributed by atoms with Gasteiger partial charge in [0.05, 0.1) is 13.2 Å². The van der Waals surface area contributed by atoms with Crippen LogP contribution in [0.25, 0.3) is 21.5 Å². The number of benzene rings is 4. The minimum Gasteiger partial charge on any atom is -0.493 e. The first-order valence-electron chi connectivity index (χ1n) is 11.1. The highest BCUT2D eigenvalue weighted by atomic mass is 19.1. The molecule has 1 saturated carbocycles. The van der Waals surface area contributed by atoms with Gasteiger partial charge in [-0.25, -0.2) is 4.39 Å². The summed E-state index contributed by atoms with van der Waals surface area (Å²) in [7, 11) is 0. The molecule has 2 atom stereocenters. The summed E-state index contributed by atoms with van der Waals surface area (Å²) in [6.07, 6.45) is 1.71. The molecule has 4 aromatic rings. The molecule has 31 heavy (non-hydrogen) atoms. The Balaban J connectivity index is 1.30. The van der Waals surface area contributed by atoms with Gasteiger partial charge in [0.15, 0.2) is 0 Å². The summed E-state index contributed by atoms with van der Waals surface area (Å²) in [4.78, 5) is 0. The van der Waals surface area contributed by atoms with Gasteiger partial charge in [-0.1, -0.05) is 67.1 Å². The number of ether oxygens (including phenoxy) is 2. The fourth-order valence-corrected chi connectivity index (χ4v) is 4.69. The number of fused-ring (bicyclic) bond motifs is 2. The minimum absolute atomic E-state index is 0.00967. The zero-order chi connectivity index (χ0) is 21.0. The highest BCUT2D eigenvalue weighted by Crippen LogP contribution is 2.35. The van der Waals surface area contributed by atoms with Crippen molar-refractivity contribution in [2.24, 2.45) is 11.8 Å². The first kappa shape index (κ1) is 19.9. The SMILES string of the molecule is FC1CCCC1C(COc1ccc2ccccc2c1)COc1ccc2ccccc2c1. The normalized spacial score (nSPS) is 18.6. The first-order valence-corrected chi connectivity index (χ1v) is 11.1. The summed E-state index contributed by atoms with van der Waals surface area (Å²) in [5.74, 6) is 1.64. The maximum atomic E-state index is 14.6. The molecule has 0 aliphatic heterocycles. The Morgan fingerprint density at radius 2 is 1.19 bits per heavy atom. The summed E-state index contributed by atoms with van der Waals surface area (Å²) < 4.78 is 26.9. The second kappa shape index (κ2) is 8.97. The number of rotatable bonds is 7. The first-order chi connectivity index (χ1) is 15.3. The second-order valence-corrected chi connectivity index (χ2v) is 8.51. The van der Waals surface area contributed by atoms with Crippen LogP contribution in [-0.4, -0.2) is 19.4 Å². The molecule has 4 aromatic carbocycles. The molecule has 3 heteroatoms. The lowest BCUT2D eigenvalue weighted by Gasteiger charge is -2.25. The van der Waals surface area contributed by atoms with Crippen LogP contribution in [0.4, 0.5) is 4.39 Å². The Bertz CT molecular complexity index is 1090. The zero-order valence-corrected chi connectivity index (χ0v) is 17.5. The lowest BCUT2D eigenvalue weighted by atomic mass is 9.91. The van der Waals surface area contributed by atoms with Gasteiger partial charge in [-0.15, -0.1) is 0 Å². The Kier molecular flexibility index (Phi) is 5.75. The van der Waals surface area contributed by atoms with Crippen LogP contribution in [0.1, 0.15) is 19.3 Å². The van der Waals surface area contributed by atoms with Crippen LogP contribution in [0.15, 0.2) is 84.9 Å². The van der Waals surface area contributed by atoms with Gasteiger partial charge >= 0.3 is 0 Å². The van der Waals surface area contributed by atoms with Crippen molar-refractivity contribution >= 4 is 21.5 Å². The number of hydrogen-bond donors (Lipinski definition) is 0. The summed E-state index contributed by atoms with van der Waals surface area (Å²) in [6.45, 7) is 0.911. The van der Waals surface area contributed by atoms with Crippen molar-refractivity contribution in [3.05, 3.63) is 84.9 Å². The summed E-state index contributed by atoms with van der Waals surface area (Å²) in [5, 5.41) is 4.66. The van der Waals surface area contributed by atoms with Gasteiger partial charge in [0.1, 0.15) is 17.7 Å². The van der Waals surface area contributed by atoms with Crippen molar-refractivity contribution in [3.63, 3.8) is 0 Å². The van der Waals surface area contributed by atoms with E-state index < -0.39 is 6.17 Å². The summed E-state index contributed by atoms with van der Waals surface area (Å²) in [5.41, 5.74) is 0. The lowest BCUT2D eigenvalue weighted by Crippen LogP contribution is -2.30. The van der Waals surface area contributed by atoms with E-state index in [9.17, 15) is 4.39 Å². The number of hydrogen-bond acceptors (Lipinski definition) is 2. The van der Waals surface area contributed by atoms with Crippen molar-refractivity contribution in [1.29, 1.82) is 0 Å². The van der Waals surface area contributed by atoms with Crippen molar-refractivity contribution in [2.75, 3.05) is 13.2 Å². The third-order valence-electron chi connectivity index (χ3n) is 6.46. The minimum atomic E-state index is -0.773. The molecular formula is C28H27FO2. The average Bonchev–Trinajstić information content (AvgIpc) is 3.24. The molecule has 2 nitrogen and oxygen atoms in total. The Morgan fingerprint density at radius 3 is 1.68 bits per heavy atom. The predicted molar refractivity (Wildman–Crippen MR) is 125 cm³/mol. The predicted octanol–water partition coefficient (Wildman–Crippen LogP) is 7.21. The number of alkyl halides is 1. The van der Waals surface area contributed by atoms with Crippen LogP contribution >= 0.6 is 0 Å². The van der Waals surface area contributed by atoms with Gasteiger partial charge in [0.2, 0.25) is 0 Å². The van der Waals surface area contributed by atoms with E-state index in [-0.39, 0.29) is 11.8 Å². The van der Waals surface area contributed by atoms with Gasteiger partial charge in [-0.05, 0) is 64.6 Å². The maximum absolute atomic E-state index is 14.6. The fraction of sp³-hybridized carbons (Fsp3) is 0.286. The molecule has 0 heterocycles. The van der Waals surface area contributed by atoms with Gasteiger partial charge < -0.3 is 9.47 Å². The van der Waals surface area contributed by atoms with Crippen LogP contribution < -0.4 is 9.47 Å². The molecule has 5 rings (SSSR count). The molecule has 1 aliphatic carbocycles. The molecule has 2 unspecified atom stereocenters. The Hall–Kier alpha value is -3.07. The molecule has 0 aromatic heterocycles. The van der Waals surface area contributed by atoms with E-state index in [0.717, 1.165) is 35.1 Å². The Morgan fingerprint density at radius 1 is 0.677 bits per heavy atom. The quantitative estimate of drug-likeness (QED) is 0.318. The molecular weight excluding hydrogens is 387 g/mol. The highest BCUT2D eigenvalue weighted by molar-refractivity contribution is 5.84. The standard InChI is InChI=1S/C28H27FO2/c29-28-11-5-10-27(28)24(18-30-25-14-12-20-6-1-3-8-22(20)16-25)19-31-26-15-13-21-7-2-4-9-23(21)17-26/h1-4,6-9,12-17,24,27-28H,5,10-11,18-19H2. The summed E-state index contributed by atoms with van der Waals surface area (Å²) in [6, 6.07) is 28.7. The monoisotopic (exact) mass is 414 g/mol. The molecule has 0 spiro atoms. The molecule has 0 saturated heterocycles. The molecule has 0 radical (unpaired) electrons. The second-order valence-electron chi connectivity index (χ2n) is 8.51. The van der Waals surface area contributed by atoms with E-state index >= 15 is 0 Å². The molecule has 1 aliphatic rings. The van der Waals surface area contributed by atoms with E-state index in [4.69, 9.17) is 9.47 Å². The van der Waals surface area contributed by atoms with Crippen molar-refractivity contribution in [1.82, 2.24) is 0 Å². The van der Waals surface area contributed by atoms with E-state index in [1.807, 2.05) is 36.4 Å². The molecule has 1 fully saturated rings. The van der Waals surface area contributed by atoms with E-state index in [1.54, 1.807) is 0 Å². The highest BCUT2D eigenvalue weighted by Gasteiger charge is 2.34. The summed E-state index contributed by atoms with van der Waals surface area (Å²) >= 11 is 0. The largest absolute Gasteiger partial charge is 0.493 e. The lowest BCUT2D eigenvalue weighted by molar-refractivity contribution is 0.0946. The van der Waals surface area contributed by atoms with Crippen LogP contribution in [0, 0.1) is 11.8 Å². The van der Waals surface area contributed by atoms with Crippen LogP contribution in [0.3, 0.4) is 0 Å². The van der Waals surface area contributed by atoms with Crippen molar-refractivity contribution in [3.8, 4) is 11.5 Å². The fourth-order valence-electron chi connectivity index (χ4n) is 4.69. The van der Waals surface area contributed by atoms with Crippen LogP contribution in [0.5, 0.6) is 11.5 Å². The molecule has 0 amide bonds. The van der Waals surface area contributed by atoms with Gasteiger partial charge in [0, 0.05) is 5.92 Å². The topological polar surface area (TPSA) is 18.5 Å². The molecule has 158 valence electrons. The smallest absolute Gasteiger partial charge is 0.119 e. The Labute approximate surface area is 182 Å². The van der Waals surface area contributed by atoms with E-state index in [0.29, 0.717) is 19.6 Å². The van der Waals surface area contributed by atoms with Gasteiger partial charge in [0.25, 0.3) is 0 Å². The van der Waals surface area contributed by atoms with Gasteiger partial charge in [-0.2, -0.15) is 0 Å². The van der Waals surface area contributed by atoms with E-state index in [2.05, 4.69) is 48.5 Å². The van der Waals surface area contributed by atoms with Crippen molar-refractivity contribution in [2.45, 2.75) is 25.4 Å². The third kappa shape index (κ3) is 4.51. The average molecular weight is 415 g/mol. The third-order valence-corrected chi connectivity index (χ3v) is 6.46. The van der Waals surface area contributed by atoms with E-state index in [1.165, 1.54) is 10.8 Å². The van der Waals surface area contributed by atoms with Crippen LogP contribution in [-0.2, 0) is 0 Å². The van der Waals surface area contributed by atoms with Crippen LogP contribution in [0.2, 0.25) is 0 Å². The van der Waals surface area contributed by atoms with Crippen molar-refractivity contribution < 1.29 is 13.9 Å². The molecule has 0 N–H and O–H groups in total. The number of halogens is 1. The maximum Gasteiger partial charge on any atom is 0.119 e. The molecule has 0 bridgehead atoms. The van der Waals surface area contributed by atoms with Gasteiger partial charge in [-0.3, -0.25) is 0 Å².